The van der Waals surface area contributed by atoms with E-state index in [9.17, 15) is 9.59 Å². The van der Waals surface area contributed by atoms with Crippen LogP contribution in [0.3, 0.4) is 0 Å². The molecule has 1 aliphatic rings. The Morgan fingerprint density at radius 3 is 2.15 bits per heavy atom. The third-order valence-electron chi connectivity index (χ3n) is 4.66. The number of hydrogen-bond donors (Lipinski definition) is 1. The van der Waals surface area contributed by atoms with Crippen molar-refractivity contribution < 1.29 is 9.59 Å². The average Bonchev–Trinajstić information content (AvgIpc) is 2.84. The number of urea groups is 1. The summed E-state index contributed by atoms with van der Waals surface area (Å²) in [6.45, 7) is 13.8. The minimum atomic E-state index is -0.0319. The third kappa shape index (κ3) is 5.75. The first-order valence-electron chi connectivity index (χ1n) is 9.59. The van der Waals surface area contributed by atoms with Gasteiger partial charge in [-0.2, -0.15) is 0 Å². The Hall–Kier alpha value is -2.04. The Kier molecular flexibility index (Phi) is 6.68. The Morgan fingerprint density at radius 1 is 1.00 bits per heavy atom. The molecular formula is C21H33N3O2. The fourth-order valence-corrected chi connectivity index (χ4v) is 2.97. The standard InChI is InChI=1S/C21H33N3O2/c1-16(2)17-7-9-18(10-8-17)19(25)23-11-6-12-24(14-13-23)20(26)22-15-21(3,4)5/h7-10,16H,6,11-15H2,1-5H3,(H,22,26). The molecule has 0 unspecified atom stereocenters. The molecule has 144 valence electrons. The van der Waals surface area contributed by atoms with Gasteiger partial charge in [0.2, 0.25) is 0 Å². The molecule has 0 aromatic heterocycles. The molecule has 1 saturated heterocycles. The number of benzene rings is 1. The van der Waals surface area contributed by atoms with Crippen LogP contribution in [0.15, 0.2) is 24.3 Å². The maximum atomic E-state index is 12.8. The lowest BCUT2D eigenvalue weighted by Crippen LogP contribution is -2.44. The van der Waals surface area contributed by atoms with E-state index in [2.05, 4.69) is 39.9 Å². The van der Waals surface area contributed by atoms with Crippen LogP contribution in [0.25, 0.3) is 0 Å². The summed E-state index contributed by atoms with van der Waals surface area (Å²) in [7, 11) is 0. The van der Waals surface area contributed by atoms with E-state index in [1.165, 1.54) is 5.56 Å². The van der Waals surface area contributed by atoms with E-state index in [1.807, 2.05) is 34.1 Å². The zero-order chi connectivity index (χ0) is 19.3. The summed E-state index contributed by atoms with van der Waals surface area (Å²) in [4.78, 5) is 28.8. The summed E-state index contributed by atoms with van der Waals surface area (Å²) in [5.74, 6) is 0.509. The maximum Gasteiger partial charge on any atom is 0.317 e. The van der Waals surface area contributed by atoms with Crippen molar-refractivity contribution in [3.8, 4) is 0 Å². The SMILES string of the molecule is CC(C)c1ccc(C(=O)N2CCCN(C(=O)NCC(C)(C)C)CC2)cc1. The van der Waals surface area contributed by atoms with Gasteiger partial charge in [0.05, 0.1) is 0 Å². The Morgan fingerprint density at radius 2 is 1.58 bits per heavy atom. The van der Waals surface area contributed by atoms with Gasteiger partial charge in [-0.05, 0) is 35.4 Å². The molecule has 3 amide bonds. The molecular weight excluding hydrogens is 326 g/mol. The van der Waals surface area contributed by atoms with Crippen LogP contribution >= 0.6 is 0 Å². The molecule has 1 aromatic rings. The van der Waals surface area contributed by atoms with Gasteiger partial charge in [0.1, 0.15) is 0 Å². The molecule has 0 bridgehead atoms. The monoisotopic (exact) mass is 359 g/mol. The Labute approximate surface area is 157 Å². The van der Waals surface area contributed by atoms with Crippen molar-refractivity contribution in [1.82, 2.24) is 15.1 Å². The molecule has 2 rings (SSSR count). The van der Waals surface area contributed by atoms with E-state index in [-0.39, 0.29) is 17.4 Å². The van der Waals surface area contributed by atoms with E-state index < -0.39 is 0 Å². The van der Waals surface area contributed by atoms with Crippen molar-refractivity contribution in [3.05, 3.63) is 35.4 Å². The Balaban J connectivity index is 1.93. The van der Waals surface area contributed by atoms with Gasteiger partial charge >= 0.3 is 6.03 Å². The summed E-state index contributed by atoms with van der Waals surface area (Å²) in [5, 5.41) is 3.00. The molecule has 0 radical (unpaired) electrons. The largest absolute Gasteiger partial charge is 0.337 e. The minimum Gasteiger partial charge on any atom is -0.337 e. The second-order valence-electron chi connectivity index (χ2n) is 8.63. The number of carbonyl (C=O) groups excluding carboxylic acids is 2. The highest BCUT2D eigenvalue weighted by molar-refractivity contribution is 5.94. The first kappa shape index (κ1) is 20.3. The zero-order valence-corrected chi connectivity index (χ0v) is 16.8. The molecule has 1 aliphatic heterocycles. The van der Waals surface area contributed by atoms with Crippen molar-refractivity contribution in [2.45, 2.75) is 47.0 Å². The van der Waals surface area contributed by atoms with Crippen LogP contribution in [0.2, 0.25) is 0 Å². The lowest BCUT2D eigenvalue weighted by molar-refractivity contribution is 0.0762. The topological polar surface area (TPSA) is 52.7 Å². The number of nitrogens with zero attached hydrogens (tertiary/aromatic N) is 2. The first-order chi connectivity index (χ1) is 12.2. The number of nitrogens with one attached hydrogen (secondary N) is 1. The first-order valence-corrected chi connectivity index (χ1v) is 9.59. The highest BCUT2D eigenvalue weighted by Crippen LogP contribution is 2.17. The van der Waals surface area contributed by atoms with Gasteiger partial charge in [0.15, 0.2) is 0 Å². The second-order valence-corrected chi connectivity index (χ2v) is 8.63. The summed E-state index contributed by atoms with van der Waals surface area (Å²) in [6.07, 6.45) is 0.804. The van der Waals surface area contributed by atoms with E-state index in [4.69, 9.17) is 0 Å². The van der Waals surface area contributed by atoms with E-state index in [0.717, 1.165) is 12.0 Å². The molecule has 0 spiro atoms. The number of amides is 3. The molecule has 0 saturated carbocycles. The maximum absolute atomic E-state index is 12.8. The summed E-state index contributed by atoms with van der Waals surface area (Å²) < 4.78 is 0. The number of carbonyl (C=O) groups is 2. The van der Waals surface area contributed by atoms with Crippen LogP contribution in [0, 0.1) is 5.41 Å². The number of rotatable bonds is 3. The van der Waals surface area contributed by atoms with Gasteiger partial charge < -0.3 is 15.1 Å². The van der Waals surface area contributed by atoms with Gasteiger partial charge in [0, 0.05) is 38.3 Å². The third-order valence-corrected chi connectivity index (χ3v) is 4.66. The molecule has 5 nitrogen and oxygen atoms in total. The molecule has 1 heterocycles. The van der Waals surface area contributed by atoms with Crippen LogP contribution < -0.4 is 5.32 Å². The van der Waals surface area contributed by atoms with Gasteiger partial charge in [-0.15, -0.1) is 0 Å². The molecule has 0 atom stereocenters. The van der Waals surface area contributed by atoms with E-state index >= 15 is 0 Å². The fraction of sp³-hybridized carbons (Fsp3) is 0.619. The van der Waals surface area contributed by atoms with Crippen molar-refractivity contribution in [2.24, 2.45) is 5.41 Å². The minimum absolute atomic E-state index is 0.0319. The van der Waals surface area contributed by atoms with Crippen LogP contribution in [0.5, 0.6) is 0 Å². The zero-order valence-electron chi connectivity index (χ0n) is 16.8. The summed E-state index contributed by atoms with van der Waals surface area (Å²) >= 11 is 0. The summed E-state index contributed by atoms with van der Waals surface area (Å²) in [6, 6.07) is 7.85. The molecule has 26 heavy (non-hydrogen) atoms. The lowest BCUT2D eigenvalue weighted by Gasteiger charge is -2.25. The van der Waals surface area contributed by atoms with Crippen molar-refractivity contribution in [2.75, 3.05) is 32.7 Å². The smallest absolute Gasteiger partial charge is 0.317 e. The highest BCUT2D eigenvalue weighted by Gasteiger charge is 2.23. The molecule has 5 heteroatoms. The van der Waals surface area contributed by atoms with Crippen molar-refractivity contribution >= 4 is 11.9 Å². The van der Waals surface area contributed by atoms with Crippen molar-refractivity contribution in [1.29, 1.82) is 0 Å². The Bertz CT molecular complexity index is 617. The van der Waals surface area contributed by atoms with Crippen molar-refractivity contribution in [3.63, 3.8) is 0 Å². The predicted octanol–water partition coefficient (Wildman–Crippen LogP) is 3.71. The van der Waals surface area contributed by atoms with Gasteiger partial charge in [0.25, 0.3) is 5.91 Å². The van der Waals surface area contributed by atoms with Crippen LogP contribution in [-0.4, -0.2) is 54.5 Å². The van der Waals surface area contributed by atoms with Gasteiger partial charge in [-0.1, -0.05) is 46.8 Å². The van der Waals surface area contributed by atoms with Gasteiger partial charge in [-0.25, -0.2) is 4.79 Å². The van der Waals surface area contributed by atoms with Gasteiger partial charge in [-0.3, -0.25) is 4.79 Å². The predicted molar refractivity (Wildman–Crippen MR) is 105 cm³/mol. The van der Waals surface area contributed by atoms with Crippen LogP contribution in [-0.2, 0) is 0 Å². The van der Waals surface area contributed by atoms with E-state index in [0.29, 0.717) is 38.6 Å². The highest BCUT2D eigenvalue weighted by atomic mass is 16.2. The number of hydrogen-bond acceptors (Lipinski definition) is 2. The average molecular weight is 360 g/mol. The lowest BCUT2D eigenvalue weighted by atomic mass is 9.97. The quantitative estimate of drug-likeness (QED) is 0.894. The fourth-order valence-electron chi connectivity index (χ4n) is 2.97. The molecule has 0 aliphatic carbocycles. The van der Waals surface area contributed by atoms with Crippen LogP contribution in [0.1, 0.15) is 62.9 Å². The summed E-state index contributed by atoms with van der Waals surface area (Å²) in [5.41, 5.74) is 2.02. The molecule has 1 N–H and O–H groups in total. The van der Waals surface area contributed by atoms with E-state index in [1.54, 1.807) is 0 Å². The normalized spacial score (nSPS) is 15.8. The van der Waals surface area contributed by atoms with Crippen LogP contribution in [0.4, 0.5) is 4.79 Å². The second kappa shape index (κ2) is 8.56. The molecule has 1 fully saturated rings. The molecule has 1 aromatic carbocycles.